The van der Waals surface area contributed by atoms with E-state index in [1.54, 1.807) is 11.0 Å². The number of pyridine rings is 1. The second-order valence-corrected chi connectivity index (χ2v) is 12.5. The number of nitrogens with two attached hydrogens (primary N) is 2. The monoisotopic (exact) mass is 633 g/mol. The zero-order valence-electron chi connectivity index (χ0n) is 27.7. The van der Waals surface area contributed by atoms with Gasteiger partial charge in [0, 0.05) is 38.1 Å². The molecule has 0 bridgehead atoms. The number of hydrogen-bond donors (Lipinski definition) is 3. The molecule has 4 atom stereocenters. The Hall–Kier alpha value is -4.18. The molecule has 3 aliphatic heterocycles. The van der Waals surface area contributed by atoms with Gasteiger partial charge in [0.05, 0.1) is 30.2 Å². The quantitative estimate of drug-likeness (QED) is 0.152. The number of nitrogens with one attached hydrogen (secondary N) is 1. The third-order valence-electron chi connectivity index (χ3n) is 8.43. The Labute approximate surface area is 272 Å². The van der Waals surface area contributed by atoms with Gasteiger partial charge in [-0.3, -0.25) is 14.8 Å². The summed E-state index contributed by atoms with van der Waals surface area (Å²) in [5, 5.41) is 3.17. The van der Waals surface area contributed by atoms with Crippen LogP contribution in [0.2, 0.25) is 0 Å². The topological polar surface area (TPSA) is 142 Å². The molecule has 3 fully saturated rings. The average Bonchev–Trinajstić information content (AvgIpc) is 3.36. The summed E-state index contributed by atoms with van der Waals surface area (Å²) in [4.78, 5) is 34.1. The van der Waals surface area contributed by atoms with E-state index in [0.717, 1.165) is 26.2 Å². The fraction of sp³-hybridized carbons (Fsp3) is 0.545. The van der Waals surface area contributed by atoms with Crippen LogP contribution in [0, 0.1) is 12.5 Å². The number of hydrogen-bond acceptors (Lipinski definition) is 10. The first-order valence-electron chi connectivity index (χ1n) is 15.7. The van der Waals surface area contributed by atoms with Gasteiger partial charge in [0.25, 0.3) is 6.57 Å². The fourth-order valence-electron chi connectivity index (χ4n) is 5.79. The van der Waals surface area contributed by atoms with Crippen LogP contribution in [0.1, 0.15) is 34.1 Å². The normalized spacial score (nSPS) is 25.0. The Kier molecular flexibility index (Phi) is 12.0. The van der Waals surface area contributed by atoms with Gasteiger partial charge in [0.2, 0.25) is 0 Å². The summed E-state index contributed by atoms with van der Waals surface area (Å²) >= 11 is 0. The Morgan fingerprint density at radius 3 is 2.78 bits per heavy atom. The summed E-state index contributed by atoms with van der Waals surface area (Å²) in [5.41, 5.74) is 15.3. The van der Waals surface area contributed by atoms with Gasteiger partial charge in [0.15, 0.2) is 0 Å². The lowest BCUT2D eigenvalue weighted by molar-refractivity contribution is -0.0745. The lowest BCUT2D eigenvalue weighted by atomic mass is 9.85. The van der Waals surface area contributed by atoms with Crippen LogP contribution in [-0.2, 0) is 9.47 Å². The summed E-state index contributed by atoms with van der Waals surface area (Å²) in [6.45, 7) is 18.2. The van der Waals surface area contributed by atoms with E-state index in [0.29, 0.717) is 42.9 Å². The van der Waals surface area contributed by atoms with Crippen molar-refractivity contribution in [3.05, 3.63) is 65.1 Å². The van der Waals surface area contributed by atoms with E-state index in [1.807, 2.05) is 50.3 Å². The Bertz CT molecular complexity index is 1400. The van der Waals surface area contributed by atoms with Gasteiger partial charge in [0.1, 0.15) is 30.7 Å². The molecule has 3 aliphatic rings. The van der Waals surface area contributed by atoms with Crippen LogP contribution in [0.3, 0.4) is 0 Å². The number of amidine groups is 1. The molecule has 13 nitrogen and oxygen atoms in total. The number of piperazine rings is 1. The maximum absolute atomic E-state index is 12.5. The molecule has 0 saturated carbocycles. The second kappa shape index (κ2) is 15.9. The Morgan fingerprint density at radius 1 is 1.33 bits per heavy atom. The molecule has 4 rings (SSSR count). The van der Waals surface area contributed by atoms with Crippen LogP contribution in [-0.4, -0.2) is 104 Å². The molecule has 0 aliphatic carbocycles. The van der Waals surface area contributed by atoms with Gasteiger partial charge < -0.3 is 36.1 Å². The van der Waals surface area contributed by atoms with Gasteiger partial charge in [-0.05, 0) is 76.0 Å². The van der Waals surface area contributed by atoms with Gasteiger partial charge in [-0.25, -0.2) is 9.78 Å². The summed E-state index contributed by atoms with van der Waals surface area (Å²) in [6.07, 6.45) is 9.03. The smallest absolute Gasteiger partial charge is 0.415 e. The lowest BCUT2D eigenvalue weighted by Gasteiger charge is -2.45. The summed E-state index contributed by atoms with van der Waals surface area (Å²) in [7, 11) is 2.12. The molecule has 4 heterocycles. The number of aromatic nitrogens is 1. The van der Waals surface area contributed by atoms with E-state index in [-0.39, 0.29) is 30.8 Å². The van der Waals surface area contributed by atoms with Crippen molar-refractivity contribution in [1.82, 2.24) is 20.1 Å². The number of aliphatic imine (C=N–C) groups is 1. The highest BCUT2D eigenvalue weighted by molar-refractivity contribution is 5.96. The summed E-state index contributed by atoms with van der Waals surface area (Å²) < 4.78 is 11.5. The van der Waals surface area contributed by atoms with E-state index in [4.69, 9.17) is 37.5 Å². The average molecular weight is 634 g/mol. The molecular weight excluding hydrogens is 584 g/mol. The van der Waals surface area contributed by atoms with Crippen LogP contribution in [0.25, 0.3) is 4.85 Å². The number of nitrogens with zero attached hydrogens (tertiary/aromatic N) is 7. The van der Waals surface area contributed by atoms with Crippen LogP contribution < -0.4 is 26.6 Å². The third-order valence-corrected chi connectivity index (χ3v) is 8.43. The van der Waals surface area contributed by atoms with Gasteiger partial charge in [-0.15, -0.1) is 0 Å². The van der Waals surface area contributed by atoms with E-state index in [9.17, 15) is 4.79 Å². The molecule has 5 N–H and O–H groups in total. The van der Waals surface area contributed by atoms with Crippen molar-refractivity contribution in [1.29, 1.82) is 0 Å². The standard InChI is InChI=1S/C33H49N10O3/c1-24-21-45-32(44)42(24)30-13-8-14-31(39-30)43(27-20-33(3,4)46-22-26(27)10-9-15-36-5)25(2)37-23-38-28(34)11-7-12-29(35)41-18-16-40(6)17-19-41/h5,7-8,10-15,24,26-27,29,38H,16-23,34-35H2,1-4,6H3/q+1/b12-7?,28-11+,37-25+/t9?,24?,26?,27-,29?/m1/s1. The maximum Gasteiger partial charge on any atom is 0.415 e. The van der Waals surface area contributed by atoms with Crippen molar-refractivity contribution < 1.29 is 14.3 Å². The van der Waals surface area contributed by atoms with Crippen molar-refractivity contribution in [3.63, 3.8) is 0 Å². The van der Waals surface area contributed by atoms with E-state index in [2.05, 4.69) is 51.5 Å². The SMILES string of the molecule is C#[N+]C=C=CC1COC(C)(C)C[C@H]1N(/C(C)=N/CN/C(N)=C/C=CC(N)N1CCN(C)CC1)c1cccc(N2C(=O)OCC2C)n1. The molecule has 1 amide bonds. The van der Waals surface area contributed by atoms with Gasteiger partial charge >= 0.3 is 12.3 Å². The predicted molar refractivity (Wildman–Crippen MR) is 182 cm³/mol. The van der Waals surface area contributed by atoms with E-state index >= 15 is 0 Å². The number of allylic oxidation sites excluding steroid dienone is 2. The highest BCUT2D eigenvalue weighted by atomic mass is 16.6. The third kappa shape index (κ3) is 9.19. The summed E-state index contributed by atoms with van der Waals surface area (Å²) in [6, 6.07) is 5.37. The van der Waals surface area contributed by atoms with Crippen LogP contribution in [0.15, 0.2) is 65.2 Å². The number of likely N-dealkylation sites (N-methyl/N-ethyl adjacent to an activating group) is 1. The predicted octanol–water partition coefficient (Wildman–Crippen LogP) is 2.90. The number of rotatable bonds is 10. The number of anilines is 2. The zero-order valence-corrected chi connectivity index (χ0v) is 27.7. The zero-order chi connectivity index (χ0) is 33.3. The highest BCUT2D eigenvalue weighted by Gasteiger charge is 2.40. The number of carbonyl (C=O) groups excluding carboxylic acids is 1. The molecule has 13 heteroatoms. The molecule has 1 aromatic heterocycles. The molecule has 1 aromatic rings. The molecule has 248 valence electrons. The largest absolute Gasteiger partial charge is 0.447 e. The molecule has 3 unspecified atom stereocenters. The minimum absolute atomic E-state index is 0.0788. The minimum atomic E-state index is -0.414. The fourth-order valence-corrected chi connectivity index (χ4v) is 5.79. The molecule has 3 saturated heterocycles. The first-order valence-corrected chi connectivity index (χ1v) is 15.7. The van der Waals surface area contributed by atoms with Crippen molar-refractivity contribution in [2.75, 3.05) is 62.9 Å². The Balaban J connectivity index is 1.57. The highest BCUT2D eigenvalue weighted by Crippen LogP contribution is 2.35. The first-order chi connectivity index (χ1) is 22.0. The van der Waals surface area contributed by atoms with Crippen molar-refractivity contribution in [3.8, 4) is 6.57 Å². The Morgan fingerprint density at radius 2 is 2.09 bits per heavy atom. The molecule has 0 spiro atoms. The van der Waals surface area contributed by atoms with Crippen LogP contribution in [0.5, 0.6) is 0 Å². The molecular formula is C33H49N10O3+. The number of ether oxygens (including phenoxy) is 2. The van der Waals surface area contributed by atoms with E-state index in [1.165, 1.54) is 6.20 Å². The molecule has 0 radical (unpaired) electrons. The lowest BCUT2D eigenvalue weighted by Crippen LogP contribution is -2.53. The van der Waals surface area contributed by atoms with Crippen LogP contribution in [0.4, 0.5) is 16.4 Å². The van der Waals surface area contributed by atoms with Crippen LogP contribution >= 0.6 is 0 Å². The second-order valence-electron chi connectivity index (χ2n) is 12.5. The first kappa shape index (κ1) is 34.7. The van der Waals surface area contributed by atoms with Gasteiger partial charge in [-0.2, -0.15) is 0 Å². The van der Waals surface area contributed by atoms with E-state index < -0.39 is 11.7 Å². The van der Waals surface area contributed by atoms with Crippen molar-refractivity contribution >= 4 is 23.6 Å². The van der Waals surface area contributed by atoms with Gasteiger partial charge in [-0.1, -0.05) is 18.2 Å². The van der Waals surface area contributed by atoms with Crippen molar-refractivity contribution in [2.24, 2.45) is 22.4 Å². The minimum Gasteiger partial charge on any atom is -0.447 e. The number of carbonyl (C=O) groups is 1. The number of amides is 1. The molecule has 46 heavy (non-hydrogen) atoms. The maximum atomic E-state index is 12.5. The number of cyclic esters (lactones) is 1. The molecule has 0 aromatic carbocycles. The summed E-state index contributed by atoms with van der Waals surface area (Å²) in [5.74, 6) is 2.25. The van der Waals surface area contributed by atoms with Crippen molar-refractivity contribution in [2.45, 2.75) is 58.0 Å².